The third kappa shape index (κ3) is 3.08. The molecule has 0 amide bonds. The standard InChI is InChI=1S/C24H38O3/c1-15(25)20-6-5-7-21-19-9-8-17-14-18(27-16(2)26)10-12-23(17,3)22(19)11-13-24(20,21)4/h17-22H,5-14H2,1-4H3/t17?,18-,19+,20?,21?,22?,23+,24-/m1/s1. The topological polar surface area (TPSA) is 43.4 Å². The second-order valence-corrected chi connectivity index (χ2v) is 10.8. The maximum Gasteiger partial charge on any atom is 0.302 e. The fraction of sp³-hybridized carbons (Fsp3) is 0.917. The summed E-state index contributed by atoms with van der Waals surface area (Å²) >= 11 is 0. The first-order valence-electron chi connectivity index (χ1n) is 11.4. The SMILES string of the molecule is CC(=O)O[C@@H]1CC[C@@]2(C)C(CC[C@@H]3C2CC[C@]2(C)C(C(C)=O)CCCC32)C1. The van der Waals surface area contributed by atoms with Gasteiger partial charge in [0.05, 0.1) is 0 Å². The largest absolute Gasteiger partial charge is 0.463 e. The minimum Gasteiger partial charge on any atom is -0.463 e. The molecule has 0 N–H and O–H groups in total. The number of ether oxygens (including phenoxy) is 1. The van der Waals surface area contributed by atoms with E-state index < -0.39 is 0 Å². The van der Waals surface area contributed by atoms with E-state index in [2.05, 4.69) is 13.8 Å². The molecule has 4 rings (SSSR count). The van der Waals surface area contributed by atoms with E-state index in [1.165, 1.54) is 44.9 Å². The fourth-order valence-corrected chi connectivity index (χ4v) is 8.42. The molecule has 0 aromatic rings. The molecule has 0 aromatic carbocycles. The van der Waals surface area contributed by atoms with E-state index in [4.69, 9.17) is 4.74 Å². The van der Waals surface area contributed by atoms with Gasteiger partial charge in [-0.1, -0.05) is 20.3 Å². The molecule has 0 saturated heterocycles. The van der Waals surface area contributed by atoms with E-state index >= 15 is 0 Å². The van der Waals surface area contributed by atoms with E-state index in [0.29, 0.717) is 23.0 Å². The molecule has 4 aliphatic carbocycles. The zero-order valence-electron chi connectivity index (χ0n) is 17.8. The van der Waals surface area contributed by atoms with Crippen LogP contribution in [0.1, 0.15) is 91.9 Å². The normalized spacial score (nSPS) is 49.3. The van der Waals surface area contributed by atoms with E-state index in [9.17, 15) is 9.59 Å². The van der Waals surface area contributed by atoms with Gasteiger partial charge in [0.25, 0.3) is 0 Å². The number of rotatable bonds is 2. The van der Waals surface area contributed by atoms with Gasteiger partial charge in [0.2, 0.25) is 0 Å². The third-order valence-electron chi connectivity index (χ3n) is 9.68. The van der Waals surface area contributed by atoms with Crippen LogP contribution in [0.5, 0.6) is 0 Å². The summed E-state index contributed by atoms with van der Waals surface area (Å²) in [7, 11) is 0. The highest BCUT2D eigenvalue weighted by molar-refractivity contribution is 5.79. The second kappa shape index (κ2) is 6.88. The van der Waals surface area contributed by atoms with Gasteiger partial charge < -0.3 is 4.74 Å². The van der Waals surface area contributed by atoms with Crippen molar-refractivity contribution < 1.29 is 14.3 Å². The van der Waals surface area contributed by atoms with Crippen LogP contribution >= 0.6 is 0 Å². The minimum absolute atomic E-state index is 0.122. The molecule has 0 heterocycles. The van der Waals surface area contributed by atoms with Crippen LogP contribution in [0.15, 0.2) is 0 Å². The van der Waals surface area contributed by atoms with Crippen LogP contribution in [0.3, 0.4) is 0 Å². The lowest BCUT2D eigenvalue weighted by Crippen LogP contribution is -2.57. The van der Waals surface area contributed by atoms with E-state index in [1.54, 1.807) is 6.92 Å². The van der Waals surface area contributed by atoms with Crippen molar-refractivity contribution in [1.82, 2.24) is 0 Å². The van der Waals surface area contributed by atoms with Crippen molar-refractivity contribution in [2.24, 2.45) is 40.4 Å². The van der Waals surface area contributed by atoms with Crippen molar-refractivity contribution in [3.8, 4) is 0 Å². The molecular weight excluding hydrogens is 336 g/mol. The zero-order chi connectivity index (χ0) is 19.4. The second-order valence-electron chi connectivity index (χ2n) is 10.8. The number of hydrogen-bond acceptors (Lipinski definition) is 3. The maximum atomic E-state index is 12.4. The van der Waals surface area contributed by atoms with Crippen LogP contribution < -0.4 is 0 Å². The monoisotopic (exact) mass is 374 g/mol. The average Bonchev–Trinajstić information content (AvgIpc) is 2.60. The number of ketones is 1. The smallest absolute Gasteiger partial charge is 0.302 e. The Morgan fingerprint density at radius 2 is 1.56 bits per heavy atom. The lowest BCUT2D eigenvalue weighted by atomic mass is 9.41. The summed E-state index contributed by atoms with van der Waals surface area (Å²) in [5.74, 6) is 3.65. The molecule has 3 heteroatoms. The highest BCUT2D eigenvalue weighted by atomic mass is 16.5. The summed E-state index contributed by atoms with van der Waals surface area (Å²) < 4.78 is 5.59. The highest BCUT2D eigenvalue weighted by Gasteiger charge is 2.59. The fourth-order valence-electron chi connectivity index (χ4n) is 8.42. The lowest BCUT2D eigenvalue weighted by molar-refractivity contribution is -0.169. The van der Waals surface area contributed by atoms with Gasteiger partial charge in [-0.2, -0.15) is 0 Å². The summed E-state index contributed by atoms with van der Waals surface area (Å²) in [5.41, 5.74) is 0.646. The number of hydrogen-bond donors (Lipinski definition) is 0. The van der Waals surface area contributed by atoms with Gasteiger partial charge in [-0.3, -0.25) is 9.59 Å². The average molecular weight is 375 g/mol. The Labute approximate surface area is 165 Å². The zero-order valence-corrected chi connectivity index (χ0v) is 17.8. The number of fused-ring (bicyclic) bond motifs is 5. The number of carbonyl (C=O) groups is 2. The van der Waals surface area contributed by atoms with Crippen LogP contribution in [0.2, 0.25) is 0 Å². The molecule has 0 spiro atoms. The summed E-state index contributed by atoms with van der Waals surface area (Å²) in [5, 5.41) is 0. The van der Waals surface area contributed by atoms with Crippen LogP contribution in [-0.2, 0) is 14.3 Å². The molecule has 0 aromatic heterocycles. The predicted molar refractivity (Wildman–Crippen MR) is 106 cm³/mol. The van der Waals surface area contributed by atoms with E-state index in [-0.39, 0.29) is 17.5 Å². The maximum absolute atomic E-state index is 12.4. The van der Waals surface area contributed by atoms with Crippen molar-refractivity contribution in [1.29, 1.82) is 0 Å². The molecule has 8 atom stereocenters. The van der Waals surface area contributed by atoms with Crippen molar-refractivity contribution in [2.75, 3.05) is 0 Å². The summed E-state index contributed by atoms with van der Waals surface area (Å²) in [4.78, 5) is 23.8. The molecule has 4 saturated carbocycles. The third-order valence-corrected chi connectivity index (χ3v) is 9.68. The molecule has 0 bridgehead atoms. The Bertz CT molecular complexity index is 613. The number of esters is 1. The predicted octanol–water partition coefficient (Wildman–Crippen LogP) is 5.56. The van der Waals surface area contributed by atoms with Gasteiger partial charge in [0, 0.05) is 12.8 Å². The Morgan fingerprint density at radius 3 is 2.26 bits per heavy atom. The molecule has 4 fully saturated rings. The highest BCUT2D eigenvalue weighted by Crippen LogP contribution is 2.66. The molecule has 27 heavy (non-hydrogen) atoms. The Balaban J connectivity index is 1.55. The molecule has 0 radical (unpaired) electrons. The van der Waals surface area contributed by atoms with Crippen LogP contribution in [0.4, 0.5) is 0 Å². The Kier molecular flexibility index (Phi) is 4.96. The first-order chi connectivity index (χ1) is 12.8. The van der Waals surface area contributed by atoms with Gasteiger partial charge in [-0.05, 0) is 99.2 Å². The van der Waals surface area contributed by atoms with Crippen molar-refractivity contribution in [2.45, 2.75) is 98.0 Å². The molecule has 0 aliphatic heterocycles. The number of Topliss-reactive ketones (excluding diaryl/α,β-unsaturated/α-hetero) is 1. The van der Waals surface area contributed by atoms with Crippen LogP contribution in [0, 0.1) is 40.4 Å². The van der Waals surface area contributed by atoms with Crippen molar-refractivity contribution in [3.05, 3.63) is 0 Å². The molecule has 152 valence electrons. The Hall–Kier alpha value is -0.860. The summed E-state index contributed by atoms with van der Waals surface area (Å²) in [6, 6.07) is 0. The van der Waals surface area contributed by atoms with Crippen LogP contribution in [0.25, 0.3) is 0 Å². The molecular formula is C24H38O3. The lowest BCUT2D eigenvalue weighted by Gasteiger charge is -2.63. The molecule has 3 nitrogen and oxygen atoms in total. The van der Waals surface area contributed by atoms with Gasteiger partial charge >= 0.3 is 5.97 Å². The van der Waals surface area contributed by atoms with Crippen molar-refractivity contribution >= 4 is 11.8 Å². The van der Waals surface area contributed by atoms with Crippen LogP contribution in [-0.4, -0.2) is 17.9 Å². The van der Waals surface area contributed by atoms with Gasteiger partial charge in [-0.25, -0.2) is 0 Å². The summed E-state index contributed by atoms with van der Waals surface area (Å²) in [6.07, 6.45) is 12.3. The summed E-state index contributed by atoms with van der Waals surface area (Å²) in [6.45, 7) is 8.37. The molecule has 4 unspecified atom stereocenters. The van der Waals surface area contributed by atoms with Gasteiger partial charge in [0.15, 0.2) is 0 Å². The van der Waals surface area contributed by atoms with E-state index in [0.717, 1.165) is 37.0 Å². The quantitative estimate of drug-likeness (QED) is 0.595. The first kappa shape index (κ1) is 19.5. The Morgan fingerprint density at radius 1 is 0.852 bits per heavy atom. The first-order valence-corrected chi connectivity index (χ1v) is 11.4. The van der Waals surface area contributed by atoms with E-state index in [1.807, 2.05) is 6.92 Å². The minimum atomic E-state index is -0.122. The molecule has 4 aliphatic rings. The van der Waals surface area contributed by atoms with Gasteiger partial charge in [0.1, 0.15) is 11.9 Å². The van der Waals surface area contributed by atoms with Crippen molar-refractivity contribution in [3.63, 3.8) is 0 Å². The number of carbonyl (C=O) groups excluding carboxylic acids is 2. The van der Waals surface area contributed by atoms with Gasteiger partial charge in [-0.15, -0.1) is 0 Å².